The Labute approximate surface area is 142 Å². The van der Waals surface area contributed by atoms with E-state index >= 15 is 0 Å². The van der Waals surface area contributed by atoms with Crippen molar-refractivity contribution < 1.29 is 19.1 Å². The zero-order chi connectivity index (χ0) is 17.9. The lowest BCUT2D eigenvalue weighted by molar-refractivity contribution is -0.154. The van der Waals surface area contributed by atoms with Crippen LogP contribution < -0.4 is 4.74 Å². The van der Waals surface area contributed by atoms with E-state index in [1.54, 1.807) is 6.07 Å². The minimum Gasteiger partial charge on any atom is -0.455 e. The third kappa shape index (κ3) is 4.13. The highest BCUT2D eigenvalue weighted by atomic mass is 16.6. The molecule has 0 radical (unpaired) electrons. The number of hydrogen-bond acceptors (Lipinski definition) is 4. The summed E-state index contributed by atoms with van der Waals surface area (Å²) in [4.78, 5) is 23.1. The van der Waals surface area contributed by atoms with Crippen LogP contribution in [0, 0.1) is 5.92 Å². The molecule has 0 saturated heterocycles. The second-order valence-electron chi connectivity index (χ2n) is 6.56. The predicted molar refractivity (Wildman–Crippen MR) is 93.8 cm³/mol. The van der Waals surface area contributed by atoms with Crippen molar-refractivity contribution in [3.63, 3.8) is 0 Å². The molecular weight excluding hydrogens is 304 g/mol. The molecule has 4 nitrogen and oxygen atoms in total. The molecule has 128 valence electrons. The maximum Gasteiger partial charge on any atom is 0.314 e. The van der Waals surface area contributed by atoms with Crippen molar-refractivity contribution in [2.45, 2.75) is 46.6 Å². The average molecular weight is 328 g/mol. The Morgan fingerprint density at radius 1 is 1.08 bits per heavy atom. The summed E-state index contributed by atoms with van der Waals surface area (Å²) in [5, 5.41) is 1.96. The van der Waals surface area contributed by atoms with Crippen molar-refractivity contribution in [2.75, 3.05) is 0 Å². The van der Waals surface area contributed by atoms with Gasteiger partial charge in [-0.05, 0) is 54.8 Å². The van der Waals surface area contributed by atoms with E-state index in [1.807, 2.05) is 58.0 Å². The minimum absolute atomic E-state index is 0.118. The first-order valence-electron chi connectivity index (χ1n) is 8.18. The van der Waals surface area contributed by atoms with Crippen LogP contribution in [0.4, 0.5) is 0 Å². The smallest absolute Gasteiger partial charge is 0.314 e. The van der Waals surface area contributed by atoms with Crippen LogP contribution in [0.2, 0.25) is 0 Å². The third-order valence-corrected chi connectivity index (χ3v) is 4.14. The van der Waals surface area contributed by atoms with Crippen LogP contribution >= 0.6 is 0 Å². The summed E-state index contributed by atoms with van der Waals surface area (Å²) in [5.74, 6) is -0.107. The molecule has 0 N–H and O–H groups in total. The molecule has 4 heteroatoms. The predicted octanol–water partition coefficient (Wildman–Crippen LogP) is 4.59. The molecule has 2 rings (SSSR count). The molecule has 0 aliphatic carbocycles. The van der Waals surface area contributed by atoms with Crippen LogP contribution in [-0.2, 0) is 19.9 Å². The largest absolute Gasteiger partial charge is 0.455 e. The number of benzene rings is 2. The number of fused-ring (bicyclic) bond motifs is 1. The van der Waals surface area contributed by atoms with Gasteiger partial charge in [-0.3, -0.25) is 9.59 Å². The van der Waals surface area contributed by atoms with Gasteiger partial charge in [0.2, 0.25) is 0 Å². The van der Waals surface area contributed by atoms with Gasteiger partial charge in [0.15, 0.2) is 0 Å². The highest BCUT2D eigenvalue weighted by Gasteiger charge is 2.24. The van der Waals surface area contributed by atoms with Gasteiger partial charge in [0.25, 0.3) is 0 Å². The van der Waals surface area contributed by atoms with Crippen molar-refractivity contribution in [1.29, 1.82) is 0 Å². The molecule has 0 amide bonds. The van der Waals surface area contributed by atoms with Crippen LogP contribution in [0.1, 0.15) is 46.6 Å². The van der Waals surface area contributed by atoms with E-state index in [0.29, 0.717) is 5.75 Å². The Balaban J connectivity index is 2.28. The molecule has 0 aliphatic rings. The van der Waals surface area contributed by atoms with Gasteiger partial charge in [-0.25, -0.2) is 0 Å². The third-order valence-electron chi connectivity index (χ3n) is 4.14. The van der Waals surface area contributed by atoms with Gasteiger partial charge >= 0.3 is 11.9 Å². The van der Waals surface area contributed by atoms with Gasteiger partial charge in [-0.2, -0.15) is 0 Å². The quantitative estimate of drug-likeness (QED) is 0.595. The van der Waals surface area contributed by atoms with E-state index in [0.717, 1.165) is 22.8 Å². The summed E-state index contributed by atoms with van der Waals surface area (Å²) in [6.07, 6.45) is 0.751. The highest BCUT2D eigenvalue weighted by Crippen LogP contribution is 2.29. The first kappa shape index (κ1) is 18.0. The summed E-state index contributed by atoms with van der Waals surface area (Å²) in [7, 11) is 0. The summed E-state index contributed by atoms with van der Waals surface area (Å²) in [6, 6.07) is 11.4. The zero-order valence-electron chi connectivity index (χ0n) is 14.9. The summed E-state index contributed by atoms with van der Waals surface area (Å²) < 4.78 is 10.8. The first-order chi connectivity index (χ1) is 11.2. The fourth-order valence-electron chi connectivity index (χ4n) is 2.46. The molecule has 0 aliphatic heterocycles. The van der Waals surface area contributed by atoms with E-state index in [2.05, 4.69) is 0 Å². The van der Waals surface area contributed by atoms with E-state index in [4.69, 9.17) is 9.47 Å². The van der Waals surface area contributed by atoms with Crippen molar-refractivity contribution in [3.05, 3.63) is 42.0 Å². The van der Waals surface area contributed by atoms with Crippen LogP contribution in [0.5, 0.6) is 5.75 Å². The molecule has 0 heterocycles. The van der Waals surface area contributed by atoms with Crippen LogP contribution in [-0.4, -0.2) is 11.9 Å². The second kappa shape index (κ2) is 7.04. The number of carbonyl (C=O) groups excluding carboxylic acids is 2. The molecule has 0 spiro atoms. The Morgan fingerprint density at radius 2 is 1.71 bits per heavy atom. The molecule has 0 saturated carbocycles. The van der Waals surface area contributed by atoms with Crippen molar-refractivity contribution in [1.82, 2.24) is 0 Å². The molecule has 24 heavy (non-hydrogen) atoms. The highest BCUT2D eigenvalue weighted by molar-refractivity contribution is 5.86. The number of rotatable bonds is 5. The van der Waals surface area contributed by atoms with E-state index in [-0.39, 0.29) is 17.9 Å². The fraction of sp³-hybridized carbons (Fsp3) is 0.400. The average Bonchev–Trinajstić information content (AvgIpc) is 2.52. The van der Waals surface area contributed by atoms with Crippen LogP contribution in [0.25, 0.3) is 10.8 Å². The number of carbonyl (C=O) groups is 2. The molecule has 2 aromatic rings. The SMILES string of the molecule is CCC(C)C(=O)Oc1ccc2cc(C(C)(C)OC(C)=O)ccc2c1. The lowest BCUT2D eigenvalue weighted by atomic mass is 9.95. The number of hydrogen-bond donors (Lipinski definition) is 0. The minimum atomic E-state index is -0.693. The van der Waals surface area contributed by atoms with Gasteiger partial charge in [0, 0.05) is 6.92 Å². The van der Waals surface area contributed by atoms with Crippen LogP contribution in [0.15, 0.2) is 36.4 Å². The Morgan fingerprint density at radius 3 is 2.33 bits per heavy atom. The van der Waals surface area contributed by atoms with Gasteiger partial charge in [0.05, 0.1) is 5.92 Å². The molecule has 2 aromatic carbocycles. The monoisotopic (exact) mass is 328 g/mol. The maximum absolute atomic E-state index is 11.9. The molecule has 0 bridgehead atoms. The van der Waals surface area contributed by atoms with Gasteiger partial charge in [-0.15, -0.1) is 0 Å². The van der Waals surface area contributed by atoms with E-state index in [9.17, 15) is 9.59 Å². The van der Waals surface area contributed by atoms with Crippen LogP contribution in [0.3, 0.4) is 0 Å². The van der Waals surface area contributed by atoms with E-state index in [1.165, 1.54) is 6.92 Å². The lowest BCUT2D eigenvalue weighted by Crippen LogP contribution is -2.24. The molecular formula is C20H24O4. The van der Waals surface area contributed by atoms with Gasteiger partial charge in [-0.1, -0.05) is 32.0 Å². The summed E-state index contributed by atoms with van der Waals surface area (Å²) >= 11 is 0. The molecule has 0 aromatic heterocycles. The standard InChI is InChI=1S/C20H24O4/c1-6-13(2)19(22)23-18-10-8-15-11-17(9-7-16(15)12-18)20(4,5)24-14(3)21/h7-13H,6H2,1-5H3. The summed E-state index contributed by atoms with van der Waals surface area (Å²) in [5.41, 5.74) is 0.219. The van der Waals surface area contributed by atoms with E-state index < -0.39 is 5.60 Å². The Bertz CT molecular complexity index is 761. The first-order valence-corrected chi connectivity index (χ1v) is 8.18. The van der Waals surface area contributed by atoms with Gasteiger partial charge in [0.1, 0.15) is 11.4 Å². The zero-order valence-corrected chi connectivity index (χ0v) is 14.9. The Kier molecular flexibility index (Phi) is 5.27. The Hall–Kier alpha value is -2.36. The molecule has 0 fully saturated rings. The number of ether oxygens (including phenoxy) is 2. The fourth-order valence-corrected chi connectivity index (χ4v) is 2.46. The normalized spacial score (nSPS) is 12.7. The molecule has 1 unspecified atom stereocenters. The van der Waals surface area contributed by atoms with Gasteiger partial charge < -0.3 is 9.47 Å². The van der Waals surface area contributed by atoms with Crippen molar-refractivity contribution in [2.24, 2.45) is 5.92 Å². The molecule has 1 atom stereocenters. The maximum atomic E-state index is 11.9. The topological polar surface area (TPSA) is 52.6 Å². The second-order valence-corrected chi connectivity index (χ2v) is 6.56. The number of esters is 2. The van der Waals surface area contributed by atoms with Crippen molar-refractivity contribution >= 4 is 22.7 Å². The lowest BCUT2D eigenvalue weighted by Gasteiger charge is -2.25. The van der Waals surface area contributed by atoms with Crippen molar-refractivity contribution in [3.8, 4) is 5.75 Å². The summed E-state index contributed by atoms with van der Waals surface area (Å²) in [6.45, 7) is 8.93.